The van der Waals surface area contributed by atoms with E-state index in [1.807, 2.05) is 42.2 Å². The third-order valence-corrected chi connectivity index (χ3v) is 5.09. The Kier molecular flexibility index (Phi) is 3.87. The molecule has 1 aromatic rings. The number of nitrogens with zero attached hydrogens (tertiary/aromatic N) is 1. The Morgan fingerprint density at radius 1 is 1.39 bits per heavy atom. The van der Waals surface area contributed by atoms with E-state index >= 15 is 0 Å². The zero-order valence-electron chi connectivity index (χ0n) is 10.2. The van der Waals surface area contributed by atoms with Crippen LogP contribution in [0.5, 0.6) is 0 Å². The quantitative estimate of drug-likeness (QED) is 0.792. The van der Waals surface area contributed by atoms with E-state index in [1.54, 1.807) is 0 Å². The van der Waals surface area contributed by atoms with Gasteiger partial charge in [0.25, 0.3) is 0 Å². The molecule has 1 saturated heterocycles. The van der Waals surface area contributed by atoms with Crippen molar-refractivity contribution < 1.29 is 8.42 Å². The zero-order chi connectivity index (χ0) is 13.2. The fourth-order valence-corrected chi connectivity index (χ4v) is 3.96. The molecule has 18 heavy (non-hydrogen) atoms. The van der Waals surface area contributed by atoms with E-state index in [0.717, 1.165) is 5.69 Å². The molecule has 4 nitrogen and oxygen atoms in total. The van der Waals surface area contributed by atoms with Crippen LogP contribution >= 0.6 is 12.2 Å². The summed E-state index contributed by atoms with van der Waals surface area (Å²) in [5, 5.41) is 3.72. The van der Waals surface area contributed by atoms with Crippen LogP contribution < -0.4 is 5.32 Å². The summed E-state index contributed by atoms with van der Waals surface area (Å²) in [6.07, 6.45) is 0. The molecular weight excluding hydrogens is 268 g/mol. The Bertz CT molecular complexity index is 528. The molecule has 1 aliphatic rings. The van der Waals surface area contributed by atoms with Crippen LogP contribution in [0.4, 0.5) is 5.69 Å². The number of anilines is 1. The van der Waals surface area contributed by atoms with Gasteiger partial charge in [0.1, 0.15) is 0 Å². The molecule has 1 aromatic carbocycles. The molecular formula is C12H16N2O2S2. The number of hydrogen-bond acceptors (Lipinski definition) is 3. The zero-order valence-corrected chi connectivity index (χ0v) is 11.8. The predicted octanol–water partition coefficient (Wildman–Crippen LogP) is 1.50. The number of sulfone groups is 1. The minimum Gasteiger partial charge on any atom is -0.344 e. The molecule has 1 N–H and O–H groups in total. The Morgan fingerprint density at radius 3 is 2.67 bits per heavy atom. The maximum absolute atomic E-state index is 11.5. The molecule has 0 aromatic heterocycles. The van der Waals surface area contributed by atoms with E-state index in [2.05, 4.69) is 5.32 Å². The van der Waals surface area contributed by atoms with E-state index in [4.69, 9.17) is 12.2 Å². The monoisotopic (exact) mass is 284 g/mol. The molecule has 1 aliphatic heterocycles. The van der Waals surface area contributed by atoms with Gasteiger partial charge in [-0.2, -0.15) is 0 Å². The second-order valence-corrected chi connectivity index (χ2v) is 7.07. The minimum absolute atomic E-state index is 0.0764. The standard InChI is InChI=1S/C12H16N2O2S2/c1-10-9-18(15,16)8-7-14(10)12(17)13-11-5-3-2-4-6-11/h2-6,10H,7-9H2,1H3,(H,13,17). The first kappa shape index (κ1) is 13.3. The van der Waals surface area contributed by atoms with Crippen molar-refractivity contribution in [3.05, 3.63) is 30.3 Å². The molecule has 0 saturated carbocycles. The maximum atomic E-state index is 11.5. The first-order valence-corrected chi connectivity index (χ1v) is 8.04. The third-order valence-electron chi connectivity index (χ3n) is 2.96. The van der Waals surface area contributed by atoms with Crippen molar-refractivity contribution in [3.63, 3.8) is 0 Å². The van der Waals surface area contributed by atoms with Crippen molar-refractivity contribution in [1.82, 2.24) is 4.90 Å². The molecule has 1 atom stereocenters. The molecule has 0 aliphatic carbocycles. The van der Waals surface area contributed by atoms with Gasteiger partial charge in [0, 0.05) is 18.3 Å². The fraction of sp³-hybridized carbons (Fsp3) is 0.417. The number of benzene rings is 1. The van der Waals surface area contributed by atoms with Crippen LogP contribution in [0, 0.1) is 0 Å². The smallest absolute Gasteiger partial charge is 0.173 e. The van der Waals surface area contributed by atoms with Gasteiger partial charge >= 0.3 is 0 Å². The summed E-state index contributed by atoms with van der Waals surface area (Å²) in [4.78, 5) is 1.93. The van der Waals surface area contributed by atoms with Gasteiger partial charge in [-0.15, -0.1) is 0 Å². The lowest BCUT2D eigenvalue weighted by Crippen LogP contribution is -2.51. The number of thiocarbonyl (C=S) groups is 1. The van der Waals surface area contributed by atoms with Gasteiger partial charge in [-0.25, -0.2) is 8.42 Å². The van der Waals surface area contributed by atoms with E-state index < -0.39 is 9.84 Å². The van der Waals surface area contributed by atoms with Crippen molar-refractivity contribution in [2.75, 3.05) is 23.4 Å². The van der Waals surface area contributed by atoms with E-state index in [1.165, 1.54) is 0 Å². The molecule has 6 heteroatoms. The molecule has 0 amide bonds. The topological polar surface area (TPSA) is 49.4 Å². The van der Waals surface area contributed by atoms with Gasteiger partial charge in [-0.1, -0.05) is 18.2 Å². The summed E-state index contributed by atoms with van der Waals surface area (Å²) in [5.74, 6) is 0.345. The van der Waals surface area contributed by atoms with Gasteiger partial charge in [0.2, 0.25) is 0 Å². The summed E-state index contributed by atoms with van der Waals surface area (Å²) in [5.41, 5.74) is 0.920. The summed E-state index contributed by atoms with van der Waals surface area (Å²) in [6, 6.07) is 9.57. The summed E-state index contributed by atoms with van der Waals surface area (Å²) in [6.45, 7) is 2.35. The van der Waals surface area contributed by atoms with Crippen molar-refractivity contribution >= 4 is 32.9 Å². The number of hydrogen-bond donors (Lipinski definition) is 1. The van der Waals surface area contributed by atoms with Crippen LogP contribution in [0.15, 0.2) is 30.3 Å². The molecule has 0 radical (unpaired) electrons. The lowest BCUT2D eigenvalue weighted by Gasteiger charge is -2.35. The van der Waals surface area contributed by atoms with Crippen LogP contribution in [-0.4, -0.2) is 42.5 Å². The van der Waals surface area contributed by atoms with Gasteiger partial charge in [0.05, 0.1) is 11.5 Å². The Labute approximate surface area is 113 Å². The number of rotatable bonds is 1. The molecule has 0 spiro atoms. The van der Waals surface area contributed by atoms with Crippen molar-refractivity contribution in [2.45, 2.75) is 13.0 Å². The van der Waals surface area contributed by atoms with Gasteiger partial charge in [0.15, 0.2) is 14.9 Å². The molecule has 98 valence electrons. The fourth-order valence-electron chi connectivity index (χ4n) is 2.02. The van der Waals surface area contributed by atoms with Crippen LogP contribution in [0.2, 0.25) is 0 Å². The average molecular weight is 284 g/mol. The third kappa shape index (κ3) is 3.20. The van der Waals surface area contributed by atoms with Crippen LogP contribution in [0.25, 0.3) is 0 Å². The Morgan fingerprint density at radius 2 is 2.06 bits per heavy atom. The van der Waals surface area contributed by atoms with Crippen molar-refractivity contribution in [2.24, 2.45) is 0 Å². The van der Waals surface area contributed by atoms with Gasteiger partial charge < -0.3 is 10.2 Å². The lowest BCUT2D eigenvalue weighted by molar-refractivity contribution is 0.357. The molecule has 1 unspecified atom stereocenters. The molecule has 1 fully saturated rings. The van der Waals surface area contributed by atoms with Gasteiger partial charge in [-0.3, -0.25) is 0 Å². The van der Waals surface area contributed by atoms with Crippen LogP contribution in [0.3, 0.4) is 0 Å². The highest BCUT2D eigenvalue weighted by atomic mass is 32.2. The molecule has 0 bridgehead atoms. The average Bonchev–Trinajstić information content (AvgIpc) is 2.28. The van der Waals surface area contributed by atoms with Crippen molar-refractivity contribution in [1.29, 1.82) is 0 Å². The first-order chi connectivity index (χ1) is 8.48. The predicted molar refractivity (Wildman–Crippen MR) is 77.5 cm³/mol. The lowest BCUT2D eigenvalue weighted by atomic mass is 10.3. The van der Waals surface area contributed by atoms with Crippen LogP contribution in [-0.2, 0) is 9.84 Å². The highest BCUT2D eigenvalue weighted by Gasteiger charge is 2.29. The highest BCUT2D eigenvalue weighted by Crippen LogP contribution is 2.14. The summed E-state index contributed by atoms with van der Waals surface area (Å²) in [7, 11) is -2.90. The molecule has 2 rings (SSSR count). The largest absolute Gasteiger partial charge is 0.344 e. The van der Waals surface area contributed by atoms with E-state index in [9.17, 15) is 8.42 Å². The number of para-hydroxylation sites is 1. The molecule has 1 heterocycles. The second kappa shape index (κ2) is 5.24. The normalized spacial score (nSPS) is 22.5. The van der Waals surface area contributed by atoms with Gasteiger partial charge in [-0.05, 0) is 31.3 Å². The van der Waals surface area contributed by atoms with Crippen LogP contribution in [0.1, 0.15) is 6.92 Å². The Balaban J connectivity index is 2.02. The Hall–Kier alpha value is -1.14. The first-order valence-electron chi connectivity index (χ1n) is 5.81. The number of nitrogens with one attached hydrogen (secondary N) is 1. The minimum atomic E-state index is -2.90. The van der Waals surface area contributed by atoms with E-state index in [0.29, 0.717) is 11.7 Å². The SMILES string of the molecule is CC1CS(=O)(=O)CCN1C(=S)Nc1ccccc1. The van der Waals surface area contributed by atoms with E-state index in [-0.39, 0.29) is 17.5 Å². The van der Waals surface area contributed by atoms with Crippen molar-refractivity contribution in [3.8, 4) is 0 Å². The summed E-state index contributed by atoms with van der Waals surface area (Å²) >= 11 is 5.33. The second-order valence-electron chi connectivity index (χ2n) is 4.45. The maximum Gasteiger partial charge on any atom is 0.173 e. The summed E-state index contributed by atoms with van der Waals surface area (Å²) < 4.78 is 23.0. The highest BCUT2D eigenvalue weighted by molar-refractivity contribution is 7.91.